The summed E-state index contributed by atoms with van der Waals surface area (Å²) in [5, 5.41) is 6.25. The molecule has 0 aliphatic rings. The normalized spacial score (nSPS) is 11.5. The number of carbonyl (C=O) groups excluding carboxylic acids is 1. The smallest absolute Gasteiger partial charge is 0.361 e. The molecule has 0 atom stereocenters. The summed E-state index contributed by atoms with van der Waals surface area (Å²) in [7, 11) is 0. The fourth-order valence-corrected chi connectivity index (χ4v) is 2.09. The van der Waals surface area contributed by atoms with Crippen molar-refractivity contribution in [3.8, 4) is 0 Å². The molecule has 1 heterocycles. The number of hydrogen-bond acceptors (Lipinski definition) is 3. The van der Waals surface area contributed by atoms with Crippen molar-refractivity contribution >= 4 is 11.6 Å². The largest absolute Gasteiger partial charge is 0.416 e. The fourth-order valence-electron chi connectivity index (χ4n) is 2.09. The highest BCUT2D eigenvalue weighted by Crippen LogP contribution is 2.30. The summed E-state index contributed by atoms with van der Waals surface area (Å²) in [5.41, 5.74) is 0.887. The number of nitrogens with zero attached hydrogens (tertiary/aromatic N) is 1. The van der Waals surface area contributed by atoms with Gasteiger partial charge in [-0.15, -0.1) is 0 Å². The number of halogens is 3. The van der Waals surface area contributed by atoms with Crippen molar-refractivity contribution in [1.29, 1.82) is 0 Å². The zero-order chi connectivity index (χ0) is 16.3. The number of benzene rings is 1. The van der Waals surface area contributed by atoms with Crippen molar-refractivity contribution in [3.05, 3.63) is 46.8 Å². The second-order valence-corrected chi connectivity index (χ2v) is 4.93. The van der Waals surface area contributed by atoms with Gasteiger partial charge in [0, 0.05) is 17.7 Å². The summed E-state index contributed by atoms with van der Waals surface area (Å²) in [4.78, 5) is 11.8. The molecule has 1 N–H and O–H groups in total. The highest BCUT2D eigenvalue weighted by molar-refractivity contribution is 5.90. The highest BCUT2D eigenvalue weighted by Gasteiger charge is 2.30. The Balaban J connectivity index is 1.98. The van der Waals surface area contributed by atoms with Crippen LogP contribution >= 0.6 is 0 Å². The Bertz CT molecular complexity index is 658. The van der Waals surface area contributed by atoms with Gasteiger partial charge in [0.2, 0.25) is 5.91 Å². The molecule has 0 aliphatic heterocycles. The van der Waals surface area contributed by atoms with Gasteiger partial charge in [0.05, 0.1) is 11.3 Å². The van der Waals surface area contributed by atoms with E-state index in [1.165, 1.54) is 12.1 Å². The first-order valence-electron chi connectivity index (χ1n) is 6.66. The van der Waals surface area contributed by atoms with Gasteiger partial charge in [0.1, 0.15) is 5.76 Å². The van der Waals surface area contributed by atoms with E-state index in [2.05, 4.69) is 10.5 Å². The van der Waals surface area contributed by atoms with E-state index in [1.807, 2.05) is 0 Å². The van der Waals surface area contributed by atoms with Gasteiger partial charge in [-0.05, 0) is 38.5 Å². The number of alkyl halides is 3. The van der Waals surface area contributed by atoms with Gasteiger partial charge in [-0.25, -0.2) is 0 Å². The Labute approximate surface area is 125 Å². The molecule has 7 heteroatoms. The first kappa shape index (κ1) is 16.1. The van der Waals surface area contributed by atoms with Crippen LogP contribution in [0, 0.1) is 13.8 Å². The van der Waals surface area contributed by atoms with Crippen LogP contribution in [-0.4, -0.2) is 11.1 Å². The van der Waals surface area contributed by atoms with Crippen molar-refractivity contribution in [2.75, 3.05) is 5.32 Å². The molecule has 0 saturated carbocycles. The summed E-state index contributed by atoms with van der Waals surface area (Å²) in [5.74, 6) is 0.281. The predicted molar refractivity (Wildman–Crippen MR) is 74.4 cm³/mol. The zero-order valence-corrected chi connectivity index (χ0v) is 12.1. The van der Waals surface area contributed by atoms with Crippen molar-refractivity contribution < 1.29 is 22.5 Å². The summed E-state index contributed by atoms with van der Waals surface area (Å²) in [6, 6.07) is 4.54. The van der Waals surface area contributed by atoms with Crippen LogP contribution in [0.1, 0.15) is 29.0 Å². The Morgan fingerprint density at radius 1 is 1.32 bits per heavy atom. The van der Waals surface area contributed by atoms with Crippen LogP contribution in [0.3, 0.4) is 0 Å². The maximum absolute atomic E-state index is 12.6. The molecule has 22 heavy (non-hydrogen) atoms. The molecule has 2 rings (SSSR count). The van der Waals surface area contributed by atoms with Gasteiger partial charge in [-0.2, -0.15) is 13.2 Å². The van der Waals surface area contributed by atoms with Crippen LogP contribution in [-0.2, 0) is 17.4 Å². The molecular weight excluding hydrogens is 297 g/mol. The first-order valence-corrected chi connectivity index (χ1v) is 6.66. The van der Waals surface area contributed by atoms with Gasteiger partial charge in [0.25, 0.3) is 0 Å². The molecule has 118 valence electrons. The van der Waals surface area contributed by atoms with Crippen molar-refractivity contribution in [2.45, 2.75) is 32.9 Å². The predicted octanol–water partition coefficient (Wildman–Crippen LogP) is 3.88. The second-order valence-electron chi connectivity index (χ2n) is 4.93. The fraction of sp³-hybridized carbons (Fsp3) is 0.333. The third-order valence-electron chi connectivity index (χ3n) is 3.26. The molecule has 0 bridgehead atoms. The molecule has 0 aliphatic carbocycles. The van der Waals surface area contributed by atoms with Gasteiger partial charge in [-0.1, -0.05) is 11.2 Å². The molecule has 1 aromatic carbocycles. The monoisotopic (exact) mass is 312 g/mol. The first-order chi connectivity index (χ1) is 10.3. The van der Waals surface area contributed by atoms with E-state index in [0.29, 0.717) is 17.9 Å². The Kier molecular flexibility index (Phi) is 4.54. The summed E-state index contributed by atoms with van der Waals surface area (Å²) in [6.45, 7) is 3.52. The van der Waals surface area contributed by atoms with Crippen molar-refractivity contribution in [1.82, 2.24) is 5.16 Å². The molecule has 1 amide bonds. The van der Waals surface area contributed by atoms with E-state index in [4.69, 9.17) is 4.52 Å². The zero-order valence-electron chi connectivity index (χ0n) is 12.1. The SMILES string of the molecule is Cc1noc(C)c1CCC(=O)Nc1cccc(C(F)(F)F)c1. The lowest BCUT2D eigenvalue weighted by molar-refractivity contribution is -0.137. The second kappa shape index (κ2) is 6.21. The lowest BCUT2D eigenvalue weighted by Crippen LogP contribution is -2.13. The van der Waals surface area contributed by atoms with E-state index < -0.39 is 11.7 Å². The average molecular weight is 312 g/mol. The number of anilines is 1. The standard InChI is InChI=1S/C15H15F3N2O2/c1-9-13(10(2)22-20-9)6-7-14(21)19-12-5-3-4-11(8-12)15(16,17)18/h3-5,8H,6-7H2,1-2H3,(H,19,21). The molecule has 0 radical (unpaired) electrons. The maximum atomic E-state index is 12.6. The average Bonchev–Trinajstić information content (AvgIpc) is 2.75. The minimum Gasteiger partial charge on any atom is -0.361 e. The number of carbonyl (C=O) groups is 1. The topological polar surface area (TPSA) is 55.1 Å². The van der Waals surface area contributed by atoms with E-state index >= 15 is 0 Å². The van der Waals surface area contributed by atoms with Crippen LogP contribution < -0.4 is 5.32 Å². The van der Waals surface area contributed by atoms with Crippen LogP contribution in [0.4, 0.5) is 18.9 Å². The maximum Gasteiger partial charge on any atom is 0.416 e. The minimum atomic E-state index is -4.43. The molecule has 0 unspecified atom stereocenters. The van der Waals surface area contributed by atoms with Gasteiger partial charge in [-0.3, -0.25) is 4.79 Å². The molecule has 0 spiro atoms. The number of aromatic nitrogens is 1. The lowest BCUT2D eigenvalue weighted by Gasteiger charge is -2.09. The van der Waals surface area contributed by atoms with Crippen LogP contribution in [0.15, 0.2) is 28.8 Å². The summed E-state index contributed by atoms with van der Waals surface area (Å²) in [6.07, 6.45) is -3.87. The Morgan fingerprint density at radius 3 is 2.64 bits per heavy atom. The van der Waals surface area contributed by atoms with Crippen LogP contribution in [0.25, 0.3) is 0 Å². The number of hydrogen-bond donors (Lipinski definition) is 1. The third kappa shape index (κ3) is 3.87. The van der Waals surface area contributed by atoms with Crippen LogP contribution in [0.2, 0.25) is 0 Å². The minimum absolute atomic E-state index is 0.124. The van der Waals surface area contributed by atoms with E-state index in [-0.39, 0.29) is 18.0 Å². The molecule has 2 aromatic rings. The van der Waals surface area contributed by atoms with E-state index in [1.54, 1.807) is 13.8 Å². The molecule has 1 aromatic heterocycles. The Hall–Kier alpha value is -2.31. The number of rotatable bonds is 4. The quantitative estimate of drug-likeness (QED) is 0.932. The van der Waals surface area contributed by atoms with Gasteiger partial charge in [0.15, 0.2) is 0 Å². The molecule has 0 saturated heterocycles. The van der Waals surface area contributed by atoms with E-state index in [9.17, 15) is 18.0 Å². The highest BCUT2D eigenvalue weighted by atomic mass is 19.4. The number of amides is 1. The van der Waals surface area contributed by atoms with Crippen molar-refractivity contribution in [2.24, 2.45) is 0 Å². The number of nitrogens with one attached hydrogen (secondary N) is 1. The lowest BCUT2D eigenvalue weighted by atomic mass is 10.1. The Morgan fingerprint density at radius 2 is 2.05 bits per heavy atom. The van der Waals surface area contributed by atoms with Crippen LogP contribution in [0.5, 0.6) is 0 Å². The molecule has 4 nitrogen and oxygen atoms in total. The number of aryl methyl sites for hydroxylation is 2. The van der Waals surface area contributed by atoms with E-state index in [0.717, 1.165) is 17.7 Å². The molecular formula is C15H15F3N2O2. The van der Waals surface area contributed by atoms with Gasteiger partial charge >= 0.3 is 6.18 Å². The summed E-state index contributed by atoms with van der Waals surface area (Å²) >= 11 is 0. The third-order valence-corrected chi connectivity index (χ3v) is 3.26. The molecule has 0 fully saturated rings. The summed E-state index contributed by atoms with van der Waals surface area (Å²) < 4.78 is 42.8. The van der Waals surface area contributed by atoms with Crippen molar-refractivity contribution in [3.63, 3.8) is 0 Å². The van der Waals surface area contributed by atoms with Gasteiger partial charge < -0.3 is 9.84 Å².